The van der Waals surface area contributed by atoms with E-state index in [9.17, 15) is 4.79 Å². The first-order valence-corrected chi connectivity index (χ1v) is 5.11. The molecule has 0 fully saturated rings. The predicted molar refractivity (Wildman–Crippen MR) is 61.8 cm³/mol. The Morgan fingerprint density at radius 3 is 2.69 bits per heavy atom. The number of fused-ring (bicyclic) bond motifs is 1. The second kappa shape index (κ2) is 3.33. The highest BCUT2D eigenvalue weighted by Crippen LogP contribution is 2.27. The SMILES string of the molecule is CC(C)(C)c1cc2cc[nH]c2nc1C(=O)O. The first kappa shape index (κ1) is 10.7. The molecular formula is C12H14N2O2. The van der Waals surface area contributed by atoms with Crippen molar-refractivity contribution in [3.8, 4) is 0 Å². The van der Waals surface area contributed by atoms with Crippen molar-refractivity contribution in [3.63, 3.8) is 0 Å². The van der Waals surface area contributed by atoms with Crippen LogP contribution in [0.2, 0.25) is 0 Å². The molecule has 2 aromatic heterocycles. The van der Waals surface area contributed by atoms with Crippen LogP contribution < -0.4 is 0 Å². The Hall–Kier alpha value is -1.84. The van der Waals surface area contributed by atoms with Crippen molar-refractivity contribution in [2.45, 2.75) is 26.2 Å². The molecule has 2 heterocycles. The molecule has 0 bridgehead atoms. The minimum atomic E-state index is -0.985. The highest BCUT2D eigenvalue weighted by atomic mass is 16.4. The maximum Gasteiger partial charge on any atom is 0.354 e. The number of nitrogens with one attached hydrogen (secondary N) is 1. The van der Waals surface area contributed by atoms with Crippen molar-refractivity contribution >= 4 is 17.0 Å². The third-order valence-corrected chi connectivity index (χ3v) is 2.55. The Kier molecular flexibility index (Phi) is 2.22. The third-order valence-electron chi connectivity index (χ3n) is 2.55. The molecule has 0 amide bonds. The van der Waals surface area contributed by atoms with Gasteiger partial charge in [0.1, 0.15) is 5.65 Å². The van der Waals surface area contributed by atoms with Gasteiger partial charge in [0.2, 0.25) is 0 Å². The molecule has 0 unspecified atom stereocenters. The lowest BCUT2D eigenvalue weighted by atomic mass is 9.85. The largest absolute Gasteiger partial charge is 0.477 e. The van der Waals surface area contributed by atoms with E-state index in [1.54, 1.807) is 6.20 Å². The fraction of sp³-hybridized carbons (Fsp3) is 0.333. The molecule has 2 rings (SSSR count). The van der Waals surface area contributed by atoms with Gasteiger partial charge in [0.25, 0.3) is 0 Å². The van der Waals surface area contributed by atoms with E-state index >= 15 is 0 Å². The average Bonchev–Trinajstić information content (AvgIpc) is 2.60. The standard InChI is InChI=1S/C12H14N2O2/c1-12(2,3)8-6-7-4-5-13-10(7)14-9(8)11(15)16/h4-6H,1-3H3,(H,13,14)(H,15,16). The summed E-state index contributed by atoms with van der Waals surface area (Å²) in [6.45, 7) is 5.94. The van der Waals surface area contributed by atoms with Gasteiger partial charge in [-0.15, -0.1) is 0 Å². The van der Waals surface area contributed by atoms with Gasteiger partial charge in [0.15, 0.2) is 5.69 Å². The molecule has 0 aliphatic rings. The van der Waals surface area contributed by atoms with E-state index in [4.69, 9.17) is 5.11 Å². The zero-order valence-electron chi connectivity index (χ0n) is 9.53. The Morgan fingerprint density at radius 1 is 1.44 bits per heavy atom. The number of hydrogen-bond donors (Lipinski definition) is 2. The summed E-state index contributed by atoms with van der Waals surface area (Å²) in [7, 11) is 0. The molecular weight excluding hydrogens is 204 g/mol. The number of nitrogens with zero attached hydrogens (tertiary/aromatic N) is 1. The van der Waals surface area contributed by atoms with Crippen LogP contribution in [0.1, 0.15) is 36.8 Å². The van der Waals surface area contributed by atoms with Gasteiger partial charge in [-0.05, 0) is 23.1 Å². The van der Waals surface area contributed by atoms with Crippen LogP contribution in [-0.2, 0) is 5.41 Å². The second-order valence-electron chi connectivity index (χ2n) is 4.86. The van der Waals surface area contributed by atoms with Gasteiger partial charge >= 0.3 is 5.97 Å². The third kappa shape index (κ3) is 1.66. The van der Waals surface area contributed by atoms with Crippen molar-refractivity contribution in [1.29, 1.82) is 0 Å². The summed E-state index contributed by atoms with van der Waals surface area (Å²) in [6, 6.07) is 3.78. The molecule has 0 radical (unpaired) electrons. The molecule has 0 saturated carbocycles. The second-order valence-corrected chi connectivity index (χ2v) is 4.86. The summed E-state index contributed by atoms with van der Waals surface area (Å²) in [6.07, 6.45) is 1.76. The van der Waals surface area contributed by atoms with Crippen LogP contribution in [0.25, 0.3) is 11.0 Å². The van der Waals surface area contributed by atoms with Gasteiger partial charge in [-0.1, -0.05) is 20.8 Å². The molecule has 0 spiro atoms. The first-order chi connectivity index (χ1) is 7.39. The fourth-order valence-corrected chi connectivity index (χ4v) is 1.72. The molecule has 4 nitrogen and oxygen atoms in total. The van der Waals surface area contributed by atoms with Crippen LogP contribution in [0.3, 0.4) is 0 Å². The average molecular weight is 218 g/mol. The number of carbonyl (C=O) groups is 1. The van der Waals surface area contributed by atoms with Crippen LogP contribution in [0.5, 0.6) is 0 Å². The number of aromatic carboxylic acids is 1. The molecule has 2 N–H and O–H groups in total. The van der Waals surface area contributed by atoms with E-state index in [0.717, 1.165) is 10.9 Å². The van der Waals surface area contributed by atoms with Crippen molar-refractivity contribution in [3.05, 3.63) is 29.6 Å². The van der Waals surface area contributed by atoms with Crippen LogP contribution >= 0.6 is 0 Å². The smallest absolute Gasteiger partial charge is 0.354 e. The molecule has 2 aromatic rings. The molecule has 0 saturated heterocycles. The van der Waals surface area contributed by atoms with E-state index in [-0.39, 0.29) is 11.1 Å². The summed E-state index contributed by atoms with van der Waals surface area (Å²) in [5, 5.41) is 10.1. The lowest BCUT2D eigenvalue weighted by Gasteiger charge is -2.20. The van der Waals surface area contributed by atoms with E-state index < -0.39 is 5.97 Å². The number of pyridine rings is 1. The predicted octanol–water partition coefficient (Wildman–Crippen LogP) is 2.56. The minimum absolute atomic E-state index is 0.127. The summed E-state index contributed by atoms with van der Waals surface area (Å²) >= 11 is 0. The highest BCUT2D eigenvalue weighted by Gasteiger charge is 2.23. The lowest BCUT2D eigenvalue weighted by molar-refractivity contribution is 0.0688. The minimum Gasteiger partial charge on any atom is -0.477 e. The molecule has 0 aromatic carbocycles. The molecule has 0 atom stereocenters. The summed E-state index contributed by atoms with van der Waals surface area (Å²) < 4.78 is 0. The number of carboxylic acids is 1. The van der Waals surface area contributed by atoms with Crippen molar-refractivity contribution in [1.82, 2.24) is 9.97 Å². The van der Waals surface area contributed by atoms with Gasteiger partial charge in [-0.2, -0.15) is 0 Å². The number of carboxylic acid groups (broad SMARTS) is 1. The lowest BCUT2D eigenvalue weighted by Crippen LogP contribution is -2.18. The van der Waals surface area contributed by atoms with Crippen molar-refractivity contribution in [2.24, 2.45) is 0 Å². The number of rotatable bonds is 1. The van der Waals surface area contributed by atoms with E-state index in [1.807, 2.05) is 32.9 Å². The topological polar surface area (TPSA) is 66.0 Å². The molecule has 4 heteroatoms. The highest BCUT2D eigenvalue weighted by molar-refractivity contribution is 5.91. The summed E-state index contributed by atoms with van der Waals surface area (Å²) in [4.78, 5) is 18.2. The number of aromatic nitrogens is 2. The summed E-state index contributed by atoms with van der Waals surface area (Å²) in [5.41, 5.74) is 1.27. The first-order valence-electron chi connectivity index (χ1n) is 5.11. The Morgan fingerprint density at radius 2 is 2.12 bits per heavy atom. The van der Waals surface area contributed by atoms with Gasteiger partial charge in [0, 0.05) is 11.6 Å². The molecule has 0 aliphatic carbocycles. The monoisotopic (exact) mass is 218 g/mol. The zero-order chi connectivity index (χ0) is 11.9. The van der Waals surface area contributed by atoms with Gasteiger partial charge in [-0.3, -0.25) is 0 Å². The fourth-order valence-electron chi connectivity index (χ4n) is 1.72. The van der Waals surface area contributed by atoms with Gasteiger partial charge < -0.3 is 10.1 Å². The molecule has 0 aliphatic heterocycles. The molecule has 84 valence electrons. The van der Waals surface area contributed by atoms with E-state index in [2.05, 4.69) is 9.97 Å². The Balaban J connectivity index is 2.77. The van der Waals surface area contributed by atoms with Crippen molar-refractivity contribution in [2.75, 3.05) is 0 Å². The van der Waals surface area contributed by atoms with Crippen molar-refractivity contribution < 1.29 is 9.90 Å². The zero-order valence-corrected chi connectivity index (χ0v) is 9.53. The quantitative estimate of drug-likeness (QED) is 0.773. The van der Waals surface area contributed by atoms with E-state index in [1.165, 1.54) is 0 Å². The van der Waals surface area contributed by atoms with Crippen LogP contribution in [0, 0.1) is 0 Å². The number of H-pyrrole nitrogens is 1. The Labute approximate surface area is 93.3 Å². The summed E-state index contributed by atoms with van der Waals surface area (Å²) in [5.74, 6) is -0.985. The van der Waals surface area contributed by atoms with Crippen LogP contribution in [0.4, 0.5) is 0 Å². The van der Waals surface area contributed by atoms with Gasteiger partial charge in [0.05, 0.1) is 0 Å². The molecule has 16 heavy (non-hydrogen) atoms. The maximum absolute atomic E-state index is 11.2. The van der Waals surface area contributed by atoms with Crippen LogP contribution in [-0.4, -0.2) is 21.0 Å². The van der Waals surface area contributed by atoms with E-state index in [0.29, 0.717) is 5.65 Å². The number of aromatic amines is 1. The van der Waals surface area contributed by atoms with Gasteiger partial charge in [-0.25, -0.2) is 9.78 Å². The number of hydrogen-bond acceptors (Lipinski definition) is 2. The van der Waals surface area contributed by atoms with Crippen LogP contribution in [0.15, 0.2) is 18.3 Å². The Bertz CT molecular complexity index is 550. The normalized spacial score (nSPS) is 11.9. The maximum atomic E-state index is 11.2.